The van der Waals surface area contributed by atoms with Gasteiger partial charge >= 0.3 is 0 Å². The highest BCUT2D eigenvalue weighted by Gasteiger charge is 2.16. The Morgan fingerprint density at radius 1 is 0.583 bits per heavy atom. The molecule has 3 aromatic rings. The van der Waals surface area contributed by atoms with Crippen LogP contribution in [0.3, 0.4) is 0 Å². The van der Waals surface area contributed by atoms with Crippen LogP contribution in [0.1, 0.15) is 11.1 Å². The van der Waals surface area contributed by atoms with Crippen molar-refractivity contribution < 1.29 is 8.78 Å². The number of hydrogen-bond donors (Lipinski definition) is 0. The molecule has 0 aliphatic heterocycles. The Balaban J connectivity index is 2.21. The zero-order valence-corrected chi connectivity index (χ0v) is 12.4. The number of hydrogen-bond acceptors (Lipinski definition) is 2. The van der Waals surface area contributed by atoms with E-state index in [0.29, 0.717) is 11.1 Å². The summed E-state index contributed by atoms with van der Waals surface area (Å²) in [4.78, 5) is 0. The lowest BCUT2D eigenvalue weighted by Gasteiger charge is -2.10. The highest BCUT2D eigenvalue weighted by atomic mass is 19.1. The summed E-state index contributed by atoms with van der Waals surface area (Å²) >= 11 is 0. The fourth-order valence-corrected chi connectivity index (χ4v) is 2.59. The molecule has 0 heterocycles. The quantitative estimate of drug-likeness (QED) is 0.665. The second-order valence-electron chi connectivity index (χ2n) is 5.13. The van der Waals surface area contributed by atoms with Crippen LogP contribution in [0.15, 0.2) is 60.7 Å². The van der Waals surface area contributed by atoms with Crippen LogP contribution >= 0.6 is 0 Å². The molecule has 0 atom stereocenters. The molecule has 114 valence electrons. The Hall–Kier alpha value is -3.50. The first-order valence-electron chi connectivity index (χ1n) is 7.13. The van der Waals surface area contributed by atoms with Gasteiger partial charge in [-0.2, -0.15) is 10.5 Å². The molecule has 0 radical (unpaired) electrons. The molecular weight excluding hydrogens is 306 g/mol. The summed E-state index contributed by atoms with van der Waals surface area (Å²) < 4.78 is 29.2. The molecule has 3 aromatic carbocycles. The molecule has 0 aromatic heterocycles. The molecule has 0 saturated heterocycles. The van der Waals surface area contributed by atoms with E-state index in [-0.39, 0.29) is 22.3 Å². The van der Waals surface area contributed by atoms with Crippen LogP contribution in [0.4, 0.5) is 8.78 Å². The van der Waals surface area contributed by atoms with Crippen LogP contribution < -0.4 is 0 Å². The van der Waals surface area contributed by atoms with Crippen LogP contribution in [-0.4, -0.2) is 0 Å². The summed E-state index contributed by atoms with van der Waals surface area (Å²) in [5.74, 6) is -1.30. The number of rotatable bonds is 2. The first kappa shape index (κ1) is 15.4. The summed E-state index contributed by atoms with van der Waals surface area (Å²) in [6.45, 7) is 0. The third-order valence-electron chi connectivity index (χ3n) is 3.73. The third-order valence-corrected chi connectivity index (χ3v) is 3.73. The molecule has 0 aliphatic rings. The van der Waals surface area contributed by atoms with Crippen molar-refractivity contribution in [3.05, 3.63) is 83.4 Å². The lowest BCUT2D eigenvalue weighted by Crippen LogP contribution is -1.95. The molecule has 0 unspecified atom stereocenters. The summed E-state index contributed by atoms with van der Waals surface area (Å²) in [7, 11) is 0. The van der Waals surface area contributed by atoms with Gasteiger partial charge in [-0.3, -0.25) is 0 Å². The zero-order chi connectivity index (χ0) is 17.1. The van der Waals surface area contributed by atoms with Crippen molar-refractivity contribution in [1.29, 1.82) is 10.5 Å². The van der Waals surface area contributed by atoms with Crippen molar-refractivity contribution in [3.8, 4) is 34.4 Å². The van der Waals surface area contributed by atoms with E-state index in [2.05, 4.69) is 0 Å². The van der Waals surface area contributed by atoms with Gasteiger partial charge in [-0.25, -0.2) is 8.78 Å². The van der Waals surface area contributed by atoms with E-state index in [4.69, 9.17) is 10.5 Å². The third kappa shape index (κ3) is 2.62. The van der Waals surface area contributed by atoms with Crippen LogP contribution in [0, 0.1) is 34.3 Å². The second-order valence-corrected chi connectivity index (χ2v) is 5.13. The Labute approximate surface area is 137 Å². The van der Waals surface area contributed by atoms with Gasteiger partial charge < -0.3 is 0 Å². The Morgan fingerprint density at radius 2 is 0.958 bits per heavy atom. The van der Waals surface area contributed by atoms with Crippen LogP contribution in [0.25, 0.3) is 22.3 Å². The van der Waals surface area contributed by atoms with Crippen LogP contribution in [0.5, 0.6) is 0 Å². The first-order valence-corrected chi connectivity index (χ1v) is 7.13. The minimum absolute atomic E-state index is 0.0165. The number of benzene rings is 3. The van der Waals surface area contributed by atoms with Gasteiger partial charge in [-0.05, 0) is 24.3 Å². The number of nitriles is 2. The molecule has 0 N–H and O–H groups in total. The van der Waals surface area contributed by atoms with Crippen molar-refractivity contribution >= 4 is 0 Å². The molecular formula is C20H10F2N2. The standard InChI is InChI=1S/C20H10F2N2/c21-19-10-18(16-8-4-2-6-14(16)12-24)20(22)9-17(19)15-7-3-1-5-13(15)11-23/h1-10H. The van der Waals surface area contributed by atoms with Gasteiger partial charge in [-0.1, -0.05) is 36.4 Å². The largest absolute Gasteiger partial charge is 0.206 e. The molecule has 0 aliphatic carbocycles. The van der Waals surface area contributed by atoms with E-state index in [9.17, 15) is 8.78 Å². The van der Waals surface area contributed by atoms with Crippen molar-refractivity contribution in [2.75, 3.05) is 0 Å². The van der Waals surface area contributed by atoms with Crippen molar-refractivity contribution in [3.63, 3.8) is 0 Å². The average Bonchev–Trinajstić information content (AvgIpc) is 2.63. The summed E-state index contributed by atoms with van der Waals surface area (Å²) in [5.41, 5.74) is 1.22. The lowest BCUT2D eigenvalue weighted by molar-refractivity contribution is 0.606. The van der Waals surface area contributed by atoms with E-state index in [1.807, 2.05) is 12.1 Å². The summed E-state index contributed by atoms with van der Waals surface area (Å²) in [5, 5.41) is 18.3. The maximum atomic E-state index is 14.6. The minimum Gasteiger partial charge on any atom is -0.206 e. The van der Waals surface area contributed by atoms with Gasteiger partial charge in [0.1, 0.15) is 11.6 Å². The maximum absolute atomic E-state index is 14.6. The van der Waals surface area contributed by atoms with Gasteiger partial charge in [0, 0.05) is 22.3 Å². The van der Waals surface area contributed by atoms with E-state index >= 15 is 0 Å². The van der Waals surface area contributed by atoms with Gasteiger partial charge in [0.05, 0.1) is 23.3 Å². The Kier molecular flexibility index (Phi) is 4.05. The van der Waals surface area contributed by atoms with Gasteiger partial charge in [0.25, 0.3) is 0 Å². The highest BCUT2D eigenvalue weighted by molar-refractivity contribution is 5.77. The molecule has 24 heavy (non-hydrogen) atoms. The zero-order valence-electron chi connectivity index (χ0n) is 12.4. The van der Waals surface area contributed by atoms with E-state index < -0.39 is 11.6 Å². The van der Waals surface area contributed by atoms with E-state index in [1.165, 1.54) is 0 Å². The van der Waals surface area contributed by atoms with E-state index in [0.717, 1.165) is 12.1 Å². The minimum atomic E-state index is -0.651. The molecule has 2 nitrogen and oxygen atoms in total. The Morgan fingerprint density at radius 3 is 1.33 bits per heavy atom. The van der Waals surface area contributed by atoms with Crippen LogP contribution in [-0.2, 0) is 0 Å². The van der Waals surface area contributed by atoms with Crippen molar-refractivity contribution in [2.24, 2.45) is 0 Å². The number of halogens is 2. The average molecular weight is 316 g/mol. The summed E-state index contributed by atoms with van der Waals surface area (Å²) in [6, 6.07) is 18.9. The molecule has 0 fully saturated rings. The first-order chi connectivity index (χ1) is 11.7. The monoisotopic (exact) mass is 316 g/mol. The fraction of sp³-hybridized carbons (Fsp3) is 0. The smallest absolute Gasteiger partial charge is 0.131 e. The second kappa shape index (κ2) is 6.32. The topological polar surface area (TPSA) is 47.6 Å². The molecule has 0 bridgehead atoms. The van der Waals surface area contributed by atoms with Crippen LogP contribution in [0.2, 0.25) is 0 Å². The number of nitrogens with zero attached hydrogens (tertiary/aromatic N) is 2. The SMILES string of the molecule is N#Cc1ccccc1-c1cc(F)c(-c2ccccc2C#N)cc1F. The van der Waals surface area contributed by atoms with Crippen molar-refractivity contribution in [2.45, 2.75) is 0 Å². The molecule has 0 amide bonds. The molecule has 4 heteroatoms. The van der Waals surface area contributed by atoms with Crippen molar-refractivity contribution in [1.82, 2.24) is 0 Å². The van der Waals surface area contributed by atoms with Gasteiger partial charge in [0.15, 0.2) is 0 Å². The molecule has 0 saturated carbocycles. The molecule has 3 rings (SSSR count). The maximum Gasteiger partial charge on any atom is 0.131 e. The fourth-order valence-electron chi connectivity index (χ4n) is 2.59. The van der Waals surface area contributed by atoms with E-state index in [1.54, 1.807) is 48.5 Å². The van der Waals surface area contributed by atoms with Gasteiger partial charge in [-0.15, -0.1) is 0 Å². The van der Waals surface area contributed by atoms with Gasteiger partial charge in [0.2, 0.25) is 0 Å². The Bertz CT molecular complexity index is 928. The highest BCUT2D eigenvalue weighted by Crippen LogP contribution is 2.33. The predicted molar refractivity (Wildman–Crippen MR) is 86.7 cm³/mol. The normalized spacial score (nSPS) is 10.0. The predicted octanol–water partition coefficient (Wildman–Crippen LogP) is 5.04. The lowest BCUT2D eigenvalue weighted by atomic mass is 9.94. The molecule has 0 spiro atoms. The summed E-state index contributed by atoms with van der Waals surface area (Å²) in [6.07, 6.45) is 0.